The molecule has 0 radical (unpaired) electrons. The molecule has 0 atom stereocenters. The fourth-order valence-corrected chi connectivity index (χ4v) is 3.05. The summed E-state index contributed by atoms with van der Waals surface area (Å²) < 4.78 is 7.06. The Morgan fingerprint density at radius 2 is 1.79 bits per heavy atom. The zero-order valence-electron chi connectivity index (χ0n) is 15.9. The SMILES string of the molecule is Cc1cc(C(=O)OCC(=O)Nc2cccc([N+](=O)[O-])c2)c(C)n1-c1ccccc1. The van der Waals surface area contributed by atoms with Crippen LogP contribution in [0.15, 0.2) is 60.7 Å². The number of para-hydroxylation sites is 1. The summed E-state index contributed by atoms with van der Waals surface area (Å²) >= 11 is 0. The number of benzene rings is 2. The molecule has 3 aromatic rings. The second kappa shape index (κ2) is 8.39. The maximum atomic E-state index is 12.5. The lowest BCUT2D eigenvalue weighted by molar-refractivity contribution is -0.384. The molecule has 0 aliphatic heterocycles. The number of carbonyl (C=O) groups excluding carboxylic acids is 2. The van der Waals surface area contributed by atoms with Crippen LogP contribution in [0.1, 0.15) is 21.7 Å². The summed E-state index contributed by atoms with van der Waals surface area (Å²) in [4.78, 5) is 34.7. The van der Waals surface area contributed by atoms with E-state index in [2.05, 4.69) is 5.32 Å². The number of amides is 1. The molecule has 148 valence electrons. The van der Waals surface area contributed by atoms with Gasteiger partial charge in [-0.05, 0) is 38.1 Å². The summed E-state index contributed by atoms with van der Waals surface area (Å²) in [6.45, 7) is 3.18. The molecule has 1 heterocycles. The van der Waals surface area contributed by atoms with Crippen molar-refractivity contribution < 1.29 is 19.2 Å². The molecule has 1 amide bonds. The molecule has 3 rings (SSSR count). The molecule has 29 heavy (non-hydrogen) atoms. The Hall–Kier alpha value is -3.94. The summed E-state index contributed by atoms with van der Waals surface area (Å²) in [6, 6.07) is 16.8. The molecule has 0 fully saturated rings. The minimum atomic E-state index is -0.616. The average Bonchev–Trinajstić information content (AvgIpc) is 3.01. The van der Waals surface area contributed by atoms with Crippen LogP contribution < -0.4 is 5.32 Å². The Balaban J connectivity index is 1.66. The van der Waals surface area contributed by atoms with Gasteiger partial charge in [-0.25, -0.2) is 4.79 Å². The third kappa shape index (κ3) is 4.49. The van der Waals surface area contributed by atoms with E-state index in [0.29, 0.717) is 11.3 Å². The number of aromatic nitrogens is 1. The van der Waals surface area contributed by atoms with E-state index < -0.39 is 23.4 Å². The van der Waals surface area contributed by atoms with Gasteiger partial charge in [0.05, 0.1) is 10.5 Å². The third-order valence-corrected chi connectivity index (χ3v) is 4.34. The summed E-state index contributed by atoms with van der Waals surface area (Å²) in [5.74, 6) is -1.20. The van der Waals surface area contributed by atoms with Crippen molar-refractivity contribution in [3.8, 4) is 5.69 Å². The molecule has 0 bridgehead atoms. The van der Waals surface area contributed by atoms with Crippen molar-refractivity contribution in [2.24, 2.45) is 0 Å². The summed E-state index contributed by atoms with van der Waals surface area (Å²) in [6.07, 6.45) is 0. The predicted molar refractivity (Wildman–Crippen MR) is 107 cm³/mol. The summed E-state index contributed by atoms with van der Waals surface area (Å²) in [7, 11) is 0. The van der Waals surface area contributed by atoms with Gasteiger partial charge < -0.3 is 14.6 Å². The van der Waals surface area contributed by atoms with Gasteiger partial charge in [0.2, 0.25) is 0 Å². The van der Waals surface area contributed by atoms with E-state index in [1.807, 2.05) is 41.8 Å². The first-order chi connectivity index (χ1) is 13.9. The monoisotopic (exact) mass is 393 g/mol. The molecule has 2 aromatic carbocycles. The van der Waals surface area contributed by atoms with Crippen molar-refractivity contribution in [3.05, 3.63) is 87.7 Å². The number of ether oxygens (including phenoxy) is 1. The largest absolute Gasteiger partial charge is 0.452 e. The summed E-state index contributed by atoms with van der Waals surface area (Å²) in [5.41, 5.74) is 2.97. The first-order valence-corrected chi connectivity index (χ1v) is 8.82. The normalized spacial score (nSPS) is 10.4. The molecule has 0 aliphatic rings. The van der Waals surface area contributed by atoms with E-state index in [-0.39, 0.29) is 11.4 Å². The number of aryl methyl sites for hydroxylation is 1. The fraction of sp³-hybridized carbons (Fsp3) is 0.143. The number of non-ortho nitro benzene ring substituents is 1. The highest BCUT2D eigenvalue weighted by atomic mass is 16.6. The van der Waals surface area contributed by atoms with E-state index in [4.69, 9.17) is 4.74 Å². The van der Waals surface area contributed by atoms with E-state index in [9.17, 15) is 19.7 Å². The number of nitro benzene ring substituents is 1. The topological polar surface area (TPSA) is 103 Å². The molecule has 0 saturated carbocycles. The van der Waals surface area contributed by atoms with Gasteiger partial charge in [-0.1, -0.05) is 24.3 Å². The number of nitrogens with zero attached hydrogens (tertiary/aromatic N) is 2. The lowest BCUT2D eigenvalue weighted by Crippen LogP contribution is -2.21. The zero-order valence-corrected chi connectivity index (χ0v) is 15.9. The van der Waals surface area contributed by atoms with Gasteiger partial charge in [-0.2, -0.15) is 0 Å². The van der Waals surface area contributed by atoms with Crippen LogP contribution in [0.2, 0.25) is 0 Å². The lowest BCUT2D eigenvalue weighted by atomic mass is 10.2. The highest BCUT2D eigenvalue weighted by molar-refractivity contribution is 5.96. The van der Waals surface area contributed by atoms with Crippen LogP contribution >= 0.6 is 0 Å². The van der Waals surface area contributed by atoms with Crippen LogP contribution in [0.3, 0.4) is 0 Å². The number of rotatable bonds is 6. The second-order valence-corrected chi connectivity index (χ2v) is 6.39. The number of nitro groups is 1. The van der Waals surface area contributed by atoms with Gasteiger partial charge in [-0.15, -0.1) is 0 Å². The van der Waals surface area contributed by atoms with Crippen LogP contribution in [0.25, 0.3) is 5.69 Å². The molecule has 0 unspecified atom stereocenters. The van der Waals surface area contributed by atoms with Gasteiger partial charge >= 0.3 is 5.97 Å². The first kappa shape index (κ1) is 19.8. The van der Waals surface area contributed by atoms with Crippen molar-refractivity contribution in [1.82, 2.24) is 4.57 Å². The quantitative estimate of drug-likeness (QED) is 0.390. The van der Waals surface area contributed by atoms with Crippen LogP contribution in [0.5, 0.6) is 0 Å². The fourth-order valence-electron chi connectivity index (χ4n) is 3.05. The first-order valence-electron chi connectivity index (χ1n) is 8.82. The Bertz CT molecular complexity index is 1070. The van der Waals surface area contributed by atoms with E-state index in [1.165, 1.54) is 24.3 Å². The minimum absolute atomic E-state index is 0.145. The van der Waals surface area contributed by atoms with E-state index in [1.54, 1.807) is 13.0 Å². The zero-order chi connectivity index (χ0) is 21.0. The van der Waals surface area contributed by atoms with Crippen molar-refractivity contribution in [3.63, 3.8) is 0 Å². The summed E-state index contributed by atoms with van der Waals surface area (Å²) in [5, 5.41) is 13.3. The van der Waals surface area contributed by atoms with Crippen molar-refractivity contribution in [2.45, 2.75) is 13.8 Å². The Morgan fingerprint density at radius 1 is 1.07 bits per heavy atom. The number of hydrogen-bond acceptors (Lipinski definition) is 5. The Labute approximate surface area is 166 Å². The van der Waals surface area contributed by atoms with E-state index in [0.717, 1.165) is 11.4 Å². The Morgan fingerprint density at radius 3 is 2.48 bits per heavy atom. The molecular weight excluding hydrogens is 374 g/mol. The van der Waals surface area contributed by atoms with Gasteiger partial charge in [0.15, 0.2) is 6.61 Å². The van der Waals surface area contributed by atoms with Gasteiger partial charge in [0.25, 0.3) is 11.6 Å². The van der Waals surface area contributed by atoms with Gasteiger partial charge in [0.1, 0.15) is 0 Å². The predicted octanol–water partition coefficient (Wildman–Crippen LogP) is 3.80. The van der Waals surface area contributed by atoms with Crippen LogP contribution in [0, 0.1) is 24.0 Å². The number of carbonyl (C=O) groups is 2. The van der Waals surface area contributed by atoms with Gasteiger partial charge in [-0.3, -0.25) is 14.9 Å². The maximum Gasteiger partial charge on any atom is 0.340 e. The molecule has 1 aromatic heterocycles. The molecule has 1 N–H and O–H groups in total. The van der Waals surface area contributed by atoms with Crippen molar-refractivity contribution >= 4 is 23.3 Å². The molecule has 8 heteroatoms. The highest BCUT2D eigenvalue weighted by Gasteiger charge is 2.19. The van der Waals surface area contributed by atoms with Crippen molar-refractivity contribution in [1.29, 1.82) is 0 Å². The lowest BCUT2D eigenvalue weighted by Gasteiger charge is -2.10. The van der Waals surface area contributed by atoms with Crippen LogP contribution in [-0.4, -0.2) is 28.0 Å². The smallest absolute Gasteiger partial charge is 0.340 e. The average molecular weight is 393 g/mol. The number of esters is 1. The number of nitrogens with one attached hydrogen (secondary N) is 1. The van der Waals surface area contributed by atoms with Crippen molar-refractivity contribution in [2.75, 3.05) is 11.9 Å². The van der Waals surface area contributed by atoms with E-state index >= 15 is 0 Å². The maximum absolute atomic E-state index is 12.5. The number of hydrogen-bond donors (Lipinski definition) is 1. The van der Waals surface area contributed by atoms with Crippen LogP contribution in [-0.2, 0) is 9.53 Å². The second-order valence-electron chi connectivity index (χ2n) is 6.39. The van der Waals surface area contributed by atoms with Gasteiger partial charge in [0, 0.05) is 34.9 Å². The minimum Gasteiger partial charge on any atom is -0.452 e. The third-order valence-electron chi connectivity index (χ3n) is 4.34. The molecular formula is C21H19N3O5. The molecule has 8 nitrogen and oxygen atoms in total. The standard InChI is InChI=1S/C21H19N3O5/c1-14-11-19(15(2)23(14)17-8-4-3-5-9-17)21(26)29-13-20(25)22-16-7-6-10-18(12-16)24(27)28/h3-12H,13H2,1-2H3,(H,22,25). The molecule has 0 spiro atoms. The number of anilines is 1. The molecule has 0 saturated heterocycles. The molecule has 0 aliphatic carbocycles. The highest BCUT2D eigenvalue weighted by Crippen LogP contribution is 2.21. The van der Waals surface area contributed by atoms with Crippen LogP contribution in [0.4, 0.5) is 11.4 Å². The Kier molecular flexibility index (Phi) is 5.73.